The second-order valence-electron chi connectivity index (χ2n) is 6.77. The number of ether oxygens (including phenoxy) is 2. The van der Waals surface area contributed by atoms with Gasteiger partial charge in [0.05, 0.1) is 29.1 Å². The number of nitro groups is 1. The summed E-state index contributed by atoms with van der Waals surface area (Å²) in [5.74, 6) is -1.27. The van der Waals surface area contributed by atoms with Crippen molar-refractivity contribution in [3.8, 4) is 5.69 Å². The van der Waals surface area contributed by atoms with Crippen LogP contribution in [0.3, 0.4) is 0 Å². The standard InChI is InChI=1S/C18H22N4O6/c1-5-27-17(24)12-8-15(22(25)26)13(9-14(12)21-7-6-19-11-21)20-10-16(23)28-18(2,3)4/h6-9,11,20H,5,10H2,1-4H3. The number of aromatic nitrogens is 2. The molecule has 0 spiro atoms. The second-order valence-corrected chi connectivity index (χ2v) is 6.77. The third-order valence-electron chi connectivity index (χ3n) is 3.43. The van der Waals surface area contributed by atoms with Crippen molar-refractivity contribution in [2.75, 3.05) is 18.5 Å². The lowest BCUT2D eigenvalue weighted by Crippen LogP contribution is -2.28. The number of nitrogens with zero attached hydrogens (tertiary/aromatic N) is 3. The number of carbonyl (C=O) groups excluding carboxylic acids is 2. The molecule has 1 aromatic carbocycles. The van der Waals surface area contributed by atoms with Crippen LogP contribution in [-0.2, 0) is 14.3 Å². The zero-order chi connectivity index (χ0) is 20.9. The summed E-state index contributed by atoms with van der Waals surface area (Å²) in [7, 11) is 0. The van der Waals surface area contributed by atoms with Crippen molar-refractivity contribution in [3.05, 3.63) is 46.5 Å². The van der Waals surface area contributed by atoms with E-state index in [1.807, 2.05) is 0 Å². The molecule has 0 aliphatic rings. The summed E-state index contributed by atoms with van der Waals surface area (Å²) in [6, 6.07) is 2.52. The minimum absolute atomic E-state index is 0.00867. The molecule has 28 heavy (non-hydrogen) atoms. The average molecular weight is 390 g/mol. The molecule has 10 nitrogen and oxygen atoms in total. The number of imidazole rings is 1. The smallest absolute Gasteiger partial charge is 0.340 e. The third kappa shape index (κ3) is 5.29. The maximum absolute atomic E-state index is 12.3. The van der Waals surface area contributed by atoms with Crippen LogP contribution >= 0.6 is 0 Å². The molecule has 10 heteroatoms. The molecule has 0 atom stereocenters. The number of esters is 2. The summed E-state index contributed by atoms with van der Waals surface area (Å²) in [4.78, 5) is 39.0. The van der Waals surface area contributed by atoms with Gasteiger partial charge in [0.15, 0.2) is 0 Å². The van der Waals surface area contributed by atoms with Gasteiger partial charge < -0.3 is 19.4 Å². The molecule has 2 aromatic rings. The zero-order valence-corrected chi connectivity index (χ0v) is 16.1. The number of carbonyl (C=O) groups is 2. The Hall–Kier alpha value is -3.43. The Balaban J connectivity index is 2.44. The van der Waals surface area contributed by atoms with Crippen LogP contribution in [0.1, 0.15) is 38.1 Å². The first-order valence-corrected chi connectivity index (χ1v) is 8.56. The van der Waals surface area contributed by atoms with Gasteiger partial charge >= 0.3 is 11.9 Å². The SMILES string of the molecule is CCOC(=O)c1cc([N+](=O)[O-])c(NCC(=O)OC(C)(C)C)cc1-n1ccnc1. The maximum Gasteiger partial charge on any atom is 0.340 e. The van der Waals surface area contributed by atoms with Crippen LogP contribution in [0.4, 0.5) is 11.4 Å². The van der Waals surface area contributed by atoms with Crippen molar-refractivity contribution in [2.24, 2.45) is 0 Å². The highest BCUT2D eigenvalue weighted by molar-refractivity contribution is 5.96. The predicted octanol–water partition coefficient (Wildman–Crippen LogP) is 2.71. The number of hydrogen-bond donors (Lipinski definition) is 1. The molecule has 0 saturated carbocycles. The van der Waals surface area contributed by atoms with Crippen LogP contribution < -0.4 is 5.32 Å². The summed E-state index contributed by atoms with van der Waals surface area (Å²) in [6.07, 6.45) is 4.53. The van der Waals surface area contributed by atoms with Gasteiger partial charge in [-0.2, -0.15) is 0 Å². The van der Waals surface area contributed by atoms with Crippen molar-refractivity contribution >= 4 is 23.3 Å². The lowest BCUT2D eigenvalue weighted by Gasteiger charge is -2.20. The van der Waals surface area contributed by atoms with E-state index in [0.717, 1.165) is 6.07 Å². The van der Waals surface area contributed by atoms with Gasteiger partial charge in [0.2, 0.25) is 0 Å². The Bertz CT molecular complexity index is 871. The highest BCUT2D eigenvalue weighted by atomic mass is 16.6. The largest absolute Gasteiger partial charge is 0.462 e. The van der Waals surface area contributed by atoms with Gasteiger partial charge in [0.25, 0.3) is 5.69 Å². The normalized spacial score (nSPS) is 11.0. The van der Waals surface area contributed by atoms with Gasteiger partial charge in [-0.05, 0) is 33.8 Å². The molecule has 0 aliphatic carbocycles. The molecule has 1 heterocycles. The highest BCUT2D eigenvalue weighted by Crippen LogP contribution is 2.31. The van der Waals surface area contributed by atoms with Crippen molar-refractivity contribution in [3.63, 3.8) is 0 Å². The fourth-order valence-electron chi connectivity index (χ4n) is 2.40. The summed E-state index contributed by atoms with van der Waals surface area (Å²) in [5, 5.41) is 14.2. The molecule has 0 radical (unpaired) electrons. The fourth-order valence-corrected chi connectivity index (χ4v) is 2.40. The zero-order valence-electron chi connectivity index (χ0n) is 16.1. The summed E-state index contributed by atoms with van der Waals surface area (Å²) in [5.41, 5.74) is -0.647. The third-order valence-corrected chi connectivity index (χ3v) is 3.43. The van der Waals surface area contributed by atoms with Crippen molar-refractivity contribution in [1.82, 2.24) is 9.55 Å². The minimum atomic E-state index is -0.701. The van der Waals surface area contributed by atoms with Crippen LogP contribution in [0, 0.1) is 10.1 Å². The van der Waals surface area contributed by atoms with Crippen molar-refractivity contribution < 1.29 is 24.0 Å². The van der Waals surface area contributed by atoms with Crippen molar-refractivity contribution in [1.29, 1.82) is 0 Å². The molecule has 1 N–H and O–H groups in total. The molecule has 0 fully saturated rings. The van der Waals surface area contributed by atoms with Crippen LogP contribution in [0.2, 0.25) is 0 Å². The van der Waals surface area contributed by atoms with Gasteiger partial charge in [-0.1, -0.05) is 0 Å². The number of benzene rings is 1. The van der Waals surface area contributed by atoms with E-state index in [0.29, 0.717) is 5.69 Å². The Morgan fingerprint density at radius 3 is 2.57 bits per heavy atom. The molecule has 150 valence electrons. The molecule has 0 amide bonds. The number of rotatable bonds is 7. The van der Waals surface area contributed by atoms with E-state index < -0.39 is 22.5 Å². The van der Waals surface area contributed by atoms with Gasteiger partial charge in [0.1, 0.15) is 17.8 Å². The van der Waals surface area contributed by atoms with Gasteiger partial charge in [-0.25, -0.2) is 9.78 Å². The van der Waals surface area contributed by atoms with E-state index in [9.17, 15) is 19.7 Å². The molecule has 1 aromatic heterocycles. The van der Waals surface area contributed by atoms with Gasteiger partial charge in [-0.15, -0.1) is 0 Å². The average Bonchev–Trinajstić information content (AvgIpc) is 3.12. The first-order valence-electron chi connectivity index (χ1n) is 8.56. The Kier molecular flexibility index (Phi) is 6.34. The maximum atomic E-state index is 12.3. The lowest BCUT2D eigenvalue weighted by molar-refractivity contribution is -0.384. The van der Waals surface area contributed by atoms with Gasteiger partial charge in [0, 0.05) is 18.5 Å². The van der Waals surface area contributed by atoms with Crippen LogP contribution in [-0.4, -0.2) is 45.2 Å². The Morgan fingerprint density at radius 1 is 1.32 bits per heavy atom. The fraction of sp³-hybridized carbons (Fsp3) is 0.389. The number of nitro benzene ring substituents is 1. The van der Waals surface area contributed by atoms with E-state index in [1.54, 1.807) is 33.9 Å². The number of nitrogens with one attached hydrogen (secondary N) is 1. The minimum Gasteiger partial charge on any atom is -0.462 e. The van der Waals surface area contributed by atoms with Crippen LogP contribution in [0.15, 0.2) is 30.9 Å². The summed E-state index contributed by atoms with van der Waals surface area (Å²) < 4.78 is 11.7. The monoisotopic (exact) mass is 390 g/mol. The second kappa shape index (κ2) is 8.51. The molecule has 0 saturated heterocycles. The lowest BCUT2D eigenvalue weighted by atomic mass is 10.1. The topological polar surface area (TPSA) is 126 Å². The van der Waals surface area contributed by atoms with Gasteiger partial charge in [-0.3, -0.25) is 14.9 Å². The van der Waals surface area contributed by atoms with E-state index in [1.165, 1.54) is 23.2 Å². The van der Waals surface area contributed by atoms with E-state index in [2.05, 4.69) is 10.3 Å². The highest BCUT2D eigenvalue weighted by Gasteiger charge is 2.24. The first kappa shape index (κ1) is 20.9. The van der Waals surface area contributed by atoms with E-state index in [-0.39, 0.29) is 30.1 Å². The molecule has 0 unspecified atom stereocenters. The quantitative estimate of drug-likeness (QED) is 0.434. The Morgan fingerprint density at radius 2 is 2.04 bits per heavy atom. The summed E-state index contributed by atoms with van der Waals surface area (Å²) >= 11 is 0. The molecule has 0 aliphatic heterocycles. The molecule has 2 rings (SSSR count). The molecular formula is C18H22N4O6. The van der Waals surface area contributed by atoms with E-state index >= 15 is 0 Å². The first-order chi connectivity index (χ1) is 13.1. The Labute approximate surface area is 161 Å². The van der Waals surface area contributed by atoms with Crippen molar-refractivity contribution in [2.45, 2.75) is 33.3 Å². The molecule has 0 bridgehead atoms. The molecular weight excluding hydrogens is 368 g/mol. The summed E-state index contributed by atoms with van der Waals surface area (Å²) in [6.45, 7) is 6.64. The number of anilines is 1. The predicted molar refractivity (Wildman–Crippen MR) is 101 cm³/mol. The number of hydrogen-bond acceptors (Lipinski definition) is 8. The van der Waals surface area contributed by atoms with Crippen LogP contribution in [0.25, 0.3) is 5.69 Å². The van der Waals surface area contributed by atoms with E-state index in [4.69, 9.17) is 9.47 Å². The van der Waals surface area contributed by atoms with Crippen LogP contribution in [0.5, 0.6) is 0 Å².